The largest absolute Gasteiger partial charge is 0.444 e. The van der Waals surface area contributed by atoms with Crippen molar-refractivity contribution in [3.05, 3.63) is 48.2 Å². The Balaban J connectivity index is 1.45. The summed E-state index contributed by atoms with van der Waals surface area (Å²) in [6, 6.07) is 14.5. The summed E-state index contributed by atoms with van der Waals surface area (Å²) >= 11 is 0. The van der Waals surface area contributed by atoms with Crippen LogP contribution in [0.2, 0.25) is 0 Å². The second-order valence-electron chi connectivity index (χ2n) is 12.1. The molecule has 3 aliphatic rings. The maximum atomic E-state index is 13.0. The van der Waals surface area contributed by atoms with Gasteiger partial charge in [0, 0.05) is 50.2 Å². The molecule has 0 bridgehead atoms. The molecular weight excluding hydrogens is 478 g/mol. The molecule has 38 heavy (non-hydrogen) atoms. The van der Waals surface area contributed by atoms with E-state index in [2.05, 4.69) is 35.3 Å². The number of fused-ring (bicyclic) bond motifs is 1. The molecule has 2 amide bonds. The van der Waals surface area contributed by atoms with Crippen molar-refractivity contribution in [2.75, 3.05) is 34.8 Å². The number of carbonyl (C=O) groups is 2. The van der Waals surface area contributed by atoms with Gasteiger partial charge in [-0.3, -0.25) is 4.79 Å². The first-order chi connectivity index (χ1) is 18.0. The van der Waals surface area contributed by atoms with Gasteiger partial charge in [-0.05, 0) is 70.7 Å². The van der Waals surface area contributed by atoms with Crippen LogP contribution in [0.15, 0.2) is 42.5 Å². The van der Waals surface area contributed by atoms with Crippen molar-refractivity contribution in [1.29, 1.82) is 0 Å². The van der Waals surface area contributed by atoms with E-state index in [0.717, 1.165) is 35.7 Å². The first kappa shape index (κ1) is 26.3. The fourth-order valence-corrected chi connectivity index (χ4v) is 6.04. The molecule has 204 valence electrons. The monoisotopic (exact) mass is 519 g/mol. The Hall–Kier alpha value is -3.29. The highest BCUT2D eigenvalue weighted by molar-refractivity contribution is 5.94. The van der Waals surface area contributed by atoms with Crippen LogP contribution in [0, 0.1) is 11.8 Å². The molecule has 0 radical (unpaired) electrons. The Morgan fingerprint density at radius 1 is 1.03 bits per heavy atom. The average Bonchev–Trinajstić information content (AvgIpc) is 3.69. The van der Waals surface area contributed by atoms with Gasteiger partial charge < -0.3 is 24.8 Å². The highest BCUT2D eigenvalue weighted by Gasteiger charge is 2.48. The zero-order valence-corrected chi connectivity index (χ0v) is 23.5. The molecule has 1 saturated heterocycles. The van der Waals surface area contributed by atoms with Crippen molar-refractivity contribution in [1.82, 2.24) is 9.88 Å². The number of para-hydroxylation sites is 1. The number of anilines is 3. The van der Waals surface area contributed by atoms with Crippen molar-refractivity contribution >= 4 is 29.2 Å². The van der Waals surface area contributed by atoms with Gasteiger partial charge in [0.25, 0.3) is 0 Å². The van der Waals surface area contributed by atoms with Crippen LogP contribution in [-0.2, 0) is 9.53 Å². The highest BCUT2D eigenvalue weighted by Crippen LogP contribution is 2.49. The first-order valence-corrected chi connectivity index (χ1v) is 13.9. The Morgan fingerprint density at radius 2 is 1.74 bits per heavy atom. The van der Waals surface area contributed by atoms with Crippen LogP contribution in [-0.4, -0.2) is 59.2 Å². The number of rotatable bonds is 4. The predicted octanol–water partition coefficient (Wildman–Crippen LogP) is 5.46. The third-order valence-electron chi connectivity index (χ3n) is 7.92. The summed E-state index contributed by atoms with van der Waals surface area (Å²) in [5.74, 6) is 1.68. The van der Waals surface area contributed by atoms with Gasteiger partial charge in [0.1, 0.15) is 11.4 Å². The quantitative estimate of drug-likeness (QED) is 0.578. The van der Waals surface area contributed by atoms with Gasteiger partial charge in [0.2, 0.25) is 5.91 Å². The van der Waals surface area contributed by atoms with Crippen LogP contribution >= 0.6 is 0 Å². The Kier molecular flexibility index (Phi) is 7.01. The molecule has 1 saturated carbocycles. The minimum Gasteiger partial charge on any atom is -0.444 e. The van der Waals surface area contributed by atoms with Crippen LogP contribution in [0.25, 0.3) is 0 Å². The number of benzene rings is 1. The van der Waals surface area contributed by atoms with Crippen LogP contribution in [0.1, 0.15) is 66.1 Å². The third kappa shape index (κ3) is 5.31. The molecule has 8 heteroatoms. The number of aromatic nitrogens is 1. The van der Waals surface area contributed by atoms with Gasteiger partial charge in [-0.2, -0.15) is 0 Å². The normalized spacial score (nSPS) is 25.6. The number of hydrogen-bond donors (Lipinski definition) is 1. The Morgan fingerprint density at radius 3 is 2.34 bits per heavy atom. The summed E-state index contributed by atoms with van der Waals surface area (Å²) in [5, 5.41) is 3.75. The smallest absolute Gasteiger partial charge is 0.410 e. The van der Waals surface area contributed by atoms with E-state index in [4.69, 9.17) is 9.72 Å². The second-order valence-corrected chi connectivity index (χ2v) is 12.1. The van der Waals surface area contributed by atoms with Crippen molar-refractivity contribution in [3.63, 3.8) is 0 Å². The van der Waals surface area contributed by atoms with Crippen molar-refractivity contribution in [2.45, 2.75) is 78.1 Å². The maximum Gasteiger partial charge on any atom is 0.410 e. The van der Waals surface area contributed by atoms with E-state index < -0.39 is 5.60 Å². The molecule has 2 aromatic rings. The van der Waals surface area contributed by atoms with Crippen molar-refractivity contribution in [2.24, 2.45) is 11.8 Å². The van der Waals surface area contributed by atoms with E-state index in [1.54, 1.807) is 11.8 Å². The molecule has 3 heterocycles. The fraction of sp³-hybridized carbons (Fsp3) is 0.567. The van der Waals surface area contributed by atoms with E-state index in [1.807, 2.05) is 56.9 Å². The van der Waals surface area contributed by atoms with Gasteiger partial charge in [-0.25, -0.2) is 9.78 Å². The fourth-order valence-electron chi connectivity index (χ4n) is 6.04. The Bertz CT molecular complexity index is 1180. The van der Waals surface area contributed by atoms with Crippen molar-refractivity contribution < 1.29 is 14.3 Å². The van der Waals surface area contributed by atoms with Crippen LogP contribution in [0.4, 0.5) is 22.0 Å². The molecule has 2 fully saturated rings. The molecule has 1 aliphatic carbocycles. The number of piperazine rings is 1. The van der Waals surface area contributed by atoms with Gasteiger partial charge in [-0.15, -0.1) is 0 Å². The lowest BCUT2D eigenvalue weighted by Crippen LogP contribution is -2.55. The molecule has 1 aromatic heterocycles. The van der Waals surface area contributed by atoms with Gasteiger partial charge in [0.15, 0.2) is 0 Å². The van der Waals surface area contributed by atoms with Crippen molar-refractivity contribution in [3.8, 4) is 0 Å². The zero-order valence-electron chi connectivity index (χ0n) is 23.5. The van der Waals surface area contributed by atoms with Crippen LogP contribution in [0.3, 0.4) is 0 Å². The number of amides is 2. The molecule has 5 rings (SSSR count). The van der Waals surface area contributed by atoms with E-state index in [-0.39, 0.29) is 36.0 Å². The molecule has 8 nitrogen and oxygen atoms in total. The second kappa shape index (κ2) is 10.1. The number of hydrogen-bond acceptors (Lipinski definition) is 6. The number of nitrogens with zero attached hydrogens (tertiary/aromatic N) is 4. The summed E-state index contributed by atoms with van der Waals surface area (Å²) in [7, 11) is 0. The molecular formula is C30H41N5O3. The highest BCUT2D eigenvalue weighted by atomic mass is 16.6. The average molecular weight is 520 g/mol. The third-order valence-corrected chi connectivity index (χ3v) is 7.92. The topological polar surface area (TPSA) is 78.0 Å². The molecule has 2 aliphatic heterocycles. The predicted molar refractivity (Wildman–Crippen MR) is 150 cm³/mol. The molecule has 1 aromatic carbocycles. The SMILES string of the molecule is CC(=O)N1c2ccc(N3CCN(C(=O)OC(C)(C)C)C(C)C3)nc2C(Nc2ccccc2)C(C)[C@@H]1C1CC1. The van der Waals surface area contributed by atoms with Gasteiger partial charge in [0.05, 0.1) is 17.4 Å². The van der Waals surface area contributed by atoms with E-state index in [0.29, 0.717) is 25.6 Å². The molecule has 0 spiro atoms. The minimum absolute atomic E-state index is 0.0124. The molecule has 3 unspecified atom stereocenters. The van der Waals surface area contributed by atoms with Gasteiger partial charge in [-0.1, -0.05) is 25.1 Å². The van der Waals surface area contributed by atoms with E-state index in [1.165, 1.54) is 0 Å². The molecule has 4 atom stereocenters. The summed E-state index contributed by atoms with van der Waals surface area (Å²) in [6.45, 7) is 13.5. The summed E-state index contributed by atoms with van der Waals surface area (Å²) in [4.78, 5) is 36.9. The summed E-state index contributed by atoms with van der Waals surface area (Å²) in [6.07, 6.45) is 2.06. The lowest BCUT2D eigenvalue weighted by atomic mass is 9.82. The number of pyridine rings is 1. The Labute approximate surface area is 226 Å². The van der Waals surface area contributed by atoms with E-state index in [9.17, 15) is 9.59 Å². The minimum atomic E-state index is -0.521. The van der Waals surface area contributed by atoms with Crippen LogP contribution < -0.4 is 15.1 Å². The van der Waals surface area contributed by atoms with Gasteiger partial charge >= 0.3 is 6.09 Å². The number of ether oxygens (including phenoxy) is 1. The molecule has 1 N–H and O–H groups in total. The number of nitrogens with one attached hydrogen (secondary N) is 1. The zero-order chi connectivity index (χ0) is 27.2. The van der Waals surface area contributed by atoms with Crippen LogP contribution in [0.5, 0.6) is 0 Å². The standard InChI is InChI=1S/C30H41N5O3/c1-19-18-33(16-17-34(19)29(37)38-30(4,5)6)25-15-14-24-27(32-25)26(31-23-10-8-7-9-11-23)20(2)28(22-12-13-22)35(24)21(3)36/h7-11,14-15,19-20,22,26,28,31H,12-13,16-18H2,1-6H3/t19?,20?,26?,28-/m1/s1. The first-order valence-electron chi connectivity index (χ1n) is 13.9. The summed E-state index contributed by atoms with van der Waals surface area (Å²) in [5.41, 5.74) is 2.35. The maximum absolute atomic E-state index is 13.0. The van der Waals surface area contributed by atoms with E-state index >= 15 is 0 Å². The summed E-state index contributed by atoms with van der Waals surface area (Å²) < 4.78 is 5.62. The lowest BCUT2D eigenvalue weighted by molar-refractivity contribution is -0.117. The number of carbonyl (C=O) groups excluding carboxylic acids is 2. The lowest BCUT2D eigenvalue weighted by Gasteiger charge is -2.46.